The number of rotatable bonds is 3. The number of nitriles is 1. The summed E-state index contributed by atoms with van der Waals surface area (Å²) in [7, 11) is 1.58. The van der Waals surface area contributed by atoms with Crippen LogP contribution in [0.5, 0.6) is 0 Å². The second kappa shape index (κ2) is 7.91. The summed E-state index contributed by atoms with van der Waals surface area (Å²) in [6.45, 7) is 1.77. The summed E-state index contributed by atoms with van der Waals surface area (Å²) in [6.07, 6.45) is -3.64. The molecule has 0 aliphatic carbocycles. The van der Waals surface area contributed by atoms with Gasteiger partial charge in [0.1, 0.15) is 23.5 Å². The molecule has 29 heavy (non-hydrogen) atoms. The number of anilines is 2. The average molecular weight is 423 g/mol. The van der Waals surface area contributed by atoms with Gasteiger partial charge in [-0.2, -0.15) is 18.4 Å². The fourth-order valence-electron chi connectivity index (χ4n) is 3.51. The molecule has 1 atom stereocenters. The van der Waals surface area contributed by atoms with Crippen LogP contribution in [0.2, 0.25) is 5.02 Å². The van der Waals surface area contributed by atoms with Crippen molar-refractivity contribution in [1.82, 2.24) is 4.98 Å². The van der Waals surface area contributed by atoms with Gasteiger partial charge < -0.3 is 9.80 Å². The van der Waals surface area contributed by atoms with E-state index < -0.39 is 23.3 Å². The molecule has 9 heteroatoms. The molecule has 1 aromatic heterocycles. The van der Waals surface area contributed by atoms with Crippen LogP contribution in [0, 0.1) is 18.3 Å². The zero-order valence-corrected chi connectivity index (χ0v) is 16.6. The van der Waals surface area contributed by atoms with Gasteiger partial charge >= 0.3 is 6.18 Å². The molecule has 0 bridgehead atoms. The van der Waals surface area contributed by atoms with E-state index in [1.807, 2.05) is 0 Å². The predicted octanol–water partition coefficient (Wildman–Crippen LogP) is 4.57. The van der Waals surface area contributed by atoms with Crippen LogP contribution in [-0.4, -0.2) is 30.5 Å². The van der Waals surface area contributed by atoms with Crippen molar-refractivity contribution in [3.63, 3.8) is 0 Å². The lowest BCUT2D eigenvalue weighted by molar-refractivity contribution is -0.137. The van der Waals surface area contributed by atoms with E-state index in [4.69, 9.17) is 11.6 Å². The largest absolute Gasteiger partial charge is 0.417 e. The van der Waals surface area contributed by atoms with Gasteiger partial charge in [-0.05, 0) is 44.0 Å². The molecule has 1 amide bonds. The molecule has 0 saturated carbocycles. The van der Waals surface area contributed by atoms with Crippen LogP contribution in [0.25, 0.3) is 0 Å². The van der Waals surface area contributed by atoms with Gasteiger partial charge in [0, 0.05) is 30.0 Å². The van der Waals surface area contributed by atoms with Crippen molar-refractivity contribution in [3.8, 4) is 6.07 Å². The summed E-state index contributed by atoms with van der Waals surface area (Å²) in [6, 6.07) is 8.51. The Hall–Kier alpha value is -2.79. The van der Waals surface area contributed by atoms with Crippen LogP contribution in [0.4, 0.5) is 24.7 Å². The van der Waals surface area contributed by atoms with Gasteiger partial charge in [-0.3, -0.25) is 4.79 Å². The first kappa shape index (κ1) is 20.9. The first-order chi connectivity index (χ1) is 13.6. The second-order valence-electron chi connectivity index (χ2n) is 6.85. The Bertz CT molecular complexity index is 987. The highest BCUT2D eigenvalue weighted by atomic mass is 35.5. The van der Waals surface area contributed by atoms with Crippen LogP contribution in [0.3, 0.4) is 0 Å². The maximum Gasteiger partial charge on any atom is 0.417 e. The highest BCUT2D eigenvalue weighted by molar-refractivity contribution is 6.30. The average Bonchev–Trinajstić information content (AvgIpc) is 3.15. The number of benzene rings is 1. The third-order valence-corrected chi connectivity index (χ3v) is 5.12. The maximum absolute atomic E-state index is 13.4. The summed E-state index contributed by atoms with van der Waals surface area (Å²) in [5, 5.41) is 9.89. The number of likely N-dealkylation sites (N-methyl/N-ethyl adjacent to an activating group) is 1. The van der Waals surface area contributed by atoms with Crippen molar-refractivity contribution >= 4 is 29.0 Å². The number of carbonyl (C=O) groups excluding carboxylic acids is 1. The van der Waals surface area contributed by atoms with E-state index in [2.05, 4.69) is 4.98 Å². The molecule has 1 aliphatic heterocycles. The van der Waals surface area contributed by atoms with Crippen LogP contribution in [0.15, 0.2) is 30.3 Å². The van der Waals surface area contributed by atoms with E-state index in [1.54, 1.807) is 37.4 Å². The van der Waals surface area contributed by atoms with Crippen molar-refractivity contribution in [2.75, 3.05) is 23.4 Å². The lowest BCUT2D eigenvalue weighted by Gasteiger charge is -2.30. The summed E-state index contributed by atoms with van der Waals surface area (Å²) >= 11 is 5.99. The molecule has 2 heterocycles. The molecule has 152 valence electrons. The molecular weight excluding hydrogens is 405 g/mol. The Morgan fingerprint density at radius 1 is 1.38 bits per heavy atom. The first-order valence-electron chi connectivity index (χ1n) is 8.92. The van der Waals surface area contributed by atoms with Crippen LogP contribution in [0.1, 0.15) is 29.7 Å². The van der Waals surface area contributed by atoms with Crippen molar-refractivity contribution in [2.45, 2.75) is 32.0 Å². The molecule has 1 unspecified atom stereocenters. The number of aryl methyl sites for hydroxylation is 1. The Morgan fingerprint density at radius 3 is 2.72 bits per heavy atom. The molecular formula is C20H18ClF3N4O. The van der Waals surface area contributed by atoms with Gasteiger partial charge in [0.15, 0.2) is 0 Å². The third-order valence-electron chi connectivity index (χ3n) is 4.88. The number of nitrogens with zero attached hydrogens (tertiary/aromatic N) is 4. The van der Waals surface area contributed by atoms with Gasteiger partial charge in [-0.15, -0.1) is 0 Å². The summed E-state index contributed by atoms with van der Waals surface area (Å²) in [4.78, 5) is 20.2. The number of amides is 1. The predicted molar refractivity (Wildman–Crippen MR) is 104 cm³/mol. The van der Waals surface area contributed by atoms with E-state index in [0.717, 1.165) is 6.07 Å². The molecule has 3 rings (SSSR count). The number of hydrogen-bond acceptors (Lipinski definition) is 4. The number of halogens is 4. The van der Waals surface area contributed by atoms with E-state index in [1.165, 1.54) is 16.7 Å². The topological polar surface area (TPSA) is 60.2 Å². The number of carbonyl (C=O) groups is 1. The van der Waals surface area contributed by atoms with Gasteiger partial charge in [0.05, 0.1) is 5.56 Å². The fraction of sp³-hybridized carbons (Fsp3) is 0.350. The smallest absolute Gasteiger partial charge is 0.343 e. The second-order valence-corrected chi connectivity index (χ2v) is 7.28. The van der Waals surface area contributed by atoms with Crippen molar-refractivity contribution in [1.29, 1.82) is 5.26 Å². The molecule has 0 radical (unpaired) electrons. The third kappa shape index (κ3) is 4.15. The van der Waals surface area contributed by atoms with Crippen molar-refractivity contribution < 1.29 is 18.0 Å². The Kier molecular flexibility index (Phi) is 5.71. The van der Waals surface area contributed by atoms with E-state index in [0.29, 0.717) is 30.1 Å². The minimum Gasteiger partial charge on any atom is -0.343 e. The molecule has 0 N–H and O–H groups in total. The standard InChI is InChI=1S/C20H18ClF3N4O/c1-12-9-16(20(22,23)24)15(11-25)18(26-12)28-8-4-7-17(28)19(29)27(2)14-6-3-5-13(21)10-14/h3,5-6,9-10,17H,4,7-8H2,1-2H3. The van der Waals surface area contributed by atoms with Crippen molar-refractivity contribution in [2.24, 2.45) is 0 Å². The first-order valence-corrected chi connectivity index (χ1v) is 9.30. The van der Waals surface area contributed by atoms with Crippen LogP contribution >= 0.6 is 11.6 Å². The Morgan fingerprint density at radius 2 is 2.10 bits per heavy atom. The molecule has 1 fully saturated rings. The number of alkyl halides is 3. The van der Waals surface area contributed by atoms with E-state index >= 15 is 0 Å². The number of hydrogen-bond donors (Lipinski definition) is 0. The SMILES string of the molecule is Cc1cc(C(F)(F)F)c(C#N)c(N2CCCC2C(=O)N(C)c2cccc(Cl)c2)n1. The minimum atomic E-state index is -4.69. The van der Waals surface area contributed by atoms with E-state index in [-0.39, 0.29) is 17.4 Å². The summed E-state index contributed by atoms with van der Waals surface area (Å²) in [5.74, 6) is -0.402. The normalized spacial score (nSPS) is 16.6. The highest BCUT2D eigenvalue weighted by Gasteiger charge is 2.40. The van der Waals surface area contributed by atoms with E-state index in [9.17, 15) is 23.2 Å². The summed E-state index contributed by atoms with van der Waals surface area (Å²) in [5.41, 5.74) is -0.896. The highest BCUT2D eigenvalue weighted by Crippen LogP contribution is 2.38. The lowest BCUT2D eigenvalue weighted by atomic mass is 10.1. The van der Waals surface area contributed by atoms with Gasteiger partial charge in [0.25, 0.3) is 0 Å². The molecule has 0 spiro atoms. The zero-order valence-electron chi connectivity index (χ0n) is 15.8. The minimum absolute atomic E-state index is 0.102. The molecule has 1 aromatic carbocycles. The summed E-state index contributed by atoms with van der Waals surface area (Å²) < 4.78 is 40.3. The number of pyridine rings is 1. The quantitative estimate of drug-likeness (QED) is 0.727. The maximum atomic E-state index is 13.4. The molecule has 1 aliphatic rings. The lowest BCUT2D eigenvalue weighted by Crippen LogP contribution is -2.45. The molecule has 1 saturated heterocycles. The van der Waals surface area contributed by atoms with Gasteiger partial charge in [-0.1, -0.05) is 17.7 Å². The Labute approximate surface area is 171 Å². The Balaban J connectivity index is 2.00. The number of aromatic nitrogens is 1. The van der Waals surface area contributed by atoms with Crippen molar-refractivity contribution in [3.05, 3.63) is 52.2 Å². The van der Waals surface area contributed by atoms with Gasteiger partial charge in [0.2, 0.25) is 5.91 Å². The fourth-order valence-corrected chi connectivity index (χ4v) is 3.70. The van der Waals surface area contributed by atoms with Gasteiger partial charge in [-0.25, -0.2) is 4.98 Å². The van der Waals surface area contributed by atoms with Crippen LogP contribution < -0.4 is 9.80 Å². The zero-order chi connectivity index (χ0) is 21.3. The molecule has 5 nitrogen and oxygen atoms in total. The van der Waals surface area contributed by atoms with Crippen LogP contribution in [-0.2, 0) is 11.0 Å². The monoisotopic (exact) mass is 422 g/mol. The molecule has 2 aromatic rings.